The number of nitrogens with zero attached hydrogens (tertiary/aromatic N) is 3. The summed E-state index contributed by atoms with van der Waals surface area (Å²) in [6.45, 7) is 8.67. The molecule has 34 heavy (non-hydrogen) atoms. The van der Waals surface area contributed by atoms with Gasteiger partial charge in [0.15, 0.2) is 5.75 Å². The predicted octanol–water partition coefficient (Wildman–Crippen LogP) is 4.86. The van der Waals surface area contributed by atoms with Gasteiger partial charge in [-0.2, -0.15) is 5.10 Å². The fraction of sp³-hybridized carbons (Fsp3) is 0.346. The fourth-order valence-electron chi connectivity index (χ4n) is 4.95. The Hall–Kier alpha value is -3.81. The van der Waals surface area contributed by atoms with E-state index in [2.05, 4.69) is 24.3 Å². The van der Waals surface area contributed by atoms with Crippen molar-refractivity contribution >= 4 is 28.3 Å². The molecule has 8 nitrogen and oxygen atoms in total. The molecule has 4 aromatic rings. The summed E-state index contributed by atoms with van der Waals surface area (Å²) in [7, 11) is 1.59. The van der Waals surface area contributed by atoms with Gasteiger partial charge in [-0.15, -0.1) is 0 Å². The number of aryl methyl sites for hydroxylation is 2. The molecule has 1 N–H and O–H groups in total. The summed E-state index contributed by atoms with van der Waals surface area (Å²) in [5, 5.41) is 7.78. The molecule has 2 amide bonds. The van der Waals surface area contributed by atoms with Crippen molar-refractivity contribution in [3.05, 3.63) is 59.1 Å². The smallest absolute Gasteiger partial charge is 0.256 e. The summed E-state index contributed by atoms with van der Waals surface area (Å²) in [5.74, 6) is 1.52. The first-order valence-corrected chi connectivity index (χ1v) is 11.4. The molecular weight excluding hydrogens is 432 g/mol. The van der Waals surface area contributed by atoms with E-state index in [1.807, 2.05) is 17.9 Å². The van der Waals surface area contributed by atoms with Gasteiger partial charge in [-0.05, 0) is 58.2 Å². The van der Waals surface area contributed by atoms with Gasteiger partial charge < -0.3 is 19.4 Å². The van der Waals surface area contributed by atoms with Crippen molar-refractivity contribution in [2.24, 2.45) is 0 Å². The second-order valence-electron chi connectivity index (χ2n) is 9.40. The number of aromatic nitrogens is 2. The number of rotatable bonds is 4. The largest absolute Gasteiger partial charge is 0.460 e. The summed E-state index contributed by atoms with van der Waals surface area (Å²) < 4.78 is 13.7. The third-order valence-electron chi connectivity index (χ3n) is 6.79. The highest BCUT2D eigenvalue weighted by Gasteiger charge is 2.37. The number of nitrogens with one attached hydrogen (secondary N) is 1. The molecule has 0 spiro atoms. The second-order valence-corrected chi connectivity index (χ2v) is 9.40. The molecule has 0 atom stereocenters. The first-order valence-electron chi connectivity index (χ1n) is 11.4. The quantitative estimate of drug-likeness (QED) is 0.470. The second kappa shape index (κ2) is 7.90. The first kappa shape index (κ1) is 22.0. The predicted molar refractivity (Wildman–Crippen MR) is 129 cm³/mol. The Bertz CT molecular complexity index is 1450. The van der Waals surface area contributed by atoms with Crippen LogP contribution in [0.4, 0.5) is 0 Å². The highest BCUT2D eigenvalue weighted by Crippen LogP contribution is 2.35. The molecule has 5 rings (SSSR count). The van der Waals surface area contributed by atoms with Gasteiger partial charge in [-0.1, -0.05) is 0 Å². The summed E-state index contributed by atoms with van der Waals surface area (Å²) in [6, 6.07) is 7.17. The molecular formula is C26H28N4O4. The van der Waals surface area contributed by atoms with E-state index in [9.17, 15) is 9.59 Å². The minimum Gasteiger partial charge on any atom is -0.460 e. The van der Waals surface area contributed by atoms with Gasteiger partial charge in [0, 0.05) is 42.8 Å². The third kappa shape index (κ3) is 3.41. The zero-order valence-corrected chi connectivity index (χ0v) is 20.1. The van der Waals surface area contributed by atoms with E-state index in [4.69, 9.17) is 9.15 Å². The van der Waals surface area contributed by atoms with E-state index >= 15 is 0 Å². The van der Waals surface area contributed by atoms with Gasteiger partial charge in [0.1, 0.15) is 22.6 Å². The van der Waals surface area contributed by atoms with Crippen molar-refractivity contribution in [3.8, 4) is 11.5 Å². The summed E-state index contributed by atoms with van der Waals surface area (Å²) in [5.41, 5.74) is 3.13. The van der Waals surface area contributed by atoms with Gasteiger partial charge in [-0.3, -0.25) is 9.59 Å². The van der Waals surface area contributed by atoms with E-state index < -0.39 is 0 Å². The number of hydrogen-bond donors (Lipinski definition) is 1. The van der Waals surface area contributed by atoms with E-state index in [1.54, 1.807) is 49.1 Å². The molecule has 0 aliphatic carbocycles. The van der Waals surface area contributed by atoms with E-state index in [-0.39, 0.29) is 17.4 Å². The third-order valence-corrected chi connectivity index (χ3v) is 6.79. The van der Waals surface area contributed by atoms with Crippen molar-refractivity contribution in [2.75, 3.05) is 13.6 Å². The standard InChI is InChI=1S/C26H28N4O4/c1-15-19(25(32)29-12-6-10-26(29,3)4)14-30-23(15)20(9-11-28-30)34-17-7-8-18-21(13-17)33-16(2)22(18)24(31)27-5/h7-9,11,13-14H,6,10,12H2,1-5H3,(H,27,31). The Labute approximate surface area is 197 Å². The van der Waals surface area contributed by atoms with Gasteiger partial charge in [0.05, 0.1) is 17.3 Å². The van der Waals surface area contributed by atoms with Crippen LogP contribution in [0.1, 0.15) is 58.7 Å². The van der Waals surface area contributed by atoms with Crippen molar-refractivity contribution in [3.63, 3.8) is 0 Å². The number of fused-ring (bicyclic) bond motifs is 2. The number of amides is 2. The molecule has 1 aliphatic rings. The van der Waals surface area contributed by atoms with Crippen LogP contribution in [0.15, 0.2) is 41.1 Å². The molecule has 0 bridgehead atoms. The van der Waals surface area contributed by atoms with E-state index in [0.29, 0.717) is 34.0 Å². The van der Waals surface area contributed by atoms with Crippen LogP contribution in [0.5, 0.6) is 11.5 Å². The number of likely N-dealkylation sites (tertiary alicyclic amines) is 1. The maximum absolute atomic E-state index is 13.4. The molecule has 1 saturated heterocycles. The molecule has 176 valence electrons. The maximum Gasteiger partial charge on any atom is 0.256 e. The van der Waals surface area contributed by atoms with Gasteiger partial charge in [0.25, 0.3) is 11.8 Å². The molecule has 0 radical (unpaired) electrons. The minimum absolute atomic E-state index is 0.0191. The lowest BCUT2D eigenvalue weighted by molar-refractivity contribution is 0.0651. The molecule has 1 aliphatic heterocycles. The maximum atomic E-state index is 13.4. The average Bonchev–Trinajstić information content (AvgIpc) is 3.44. The Balaban J connectivity index is 1.52. The lowest BCUT2D eigenvalue weighted by Gasteiger charge is -2.31. The number of carbonyl (C=O) groups excluding carboxylic acids is 2. The van der Waals surface area contributed by atoms with Crippen LogP contribution >= 0.6 is 0 Å². The number of carbonyl (C=O) groups is 2. The Morgan fingerprint density at radius 3 is 2.71 bits per heavy atom. The average molecular weight is 461 g/mol. The molecule has 1 aromatic carbocycles. The van der Waals surface area contributed by atoms with Crippen molar-refractivity contribution in [1.82, 2.24) is 19.8 Å². The highest BCUT2D eigenvalue weighted by molar-refractivity contribution is 6.07. The molecule has 0 unspecified atom stereocenters. The molecule has 8 heteroatoms. The van der Waals surface area contributed by atoms with E-state index in [1.165, 1.54) is 0 Å². The molecule has 4 heterocycles. The van der Waals surface area contributed by atoms with Crippen LogP contribution < -0.4 is 10.1 Å². The van der Waals surface area contributed by atoms with Gasteiger partial charge in [-0.25, -0.2) is 4.52 Å². The van der Waals surface area contributed by atoms with Crippen molar-refractivity contribution in [1.29, 1.82) is 0 Å². The lowest BCUT2D eigenvalue weighted by Crippen LogP contribution is -2.42. The number of furan rings is 1. The topological polar surface area (TPSA) is 89.1 Å². The van der Waals surface area contributed by atoms with Gasteiger partial charge >= 0.3 is 0 Å². The van der Waals surface area contributed by atoms with Gasteiger partial charge in [0.2, 0.25) is 0 Å². The summed E-state index contributed by atoms with van der Waals surface area (Å²) in [6.07, 6.45) is 5.43. The van der Waals surface area contributed by atoms with E-state index in [0.717, 1.165) is 35.9 Å². The SMILES string of the molecule is CNC(=O)c1c(C)oc2cc(Oc3ccnn4cc(C(=O)N5CCCC5(C)C)c(C)c34)ccc12. The first-order chi connectivity index (χ1) is 16.2. The van der Waals surface area contributed by atoms with Crippen molar-refractivity contribution in [2.45, 2.75) is 46.1 Å². The fourth-order valence-corrected chi connectivity index (χ4v) is 4.95. The molecule has 3 aromatic heterocycles. The van der Waals surface area contributed by atoms with Crippen LogP contribution in [-0.2, 0) is 0 Å². The van der Waals surface area contributed by atoms with Crippen LogP contribution in [0, 0.1) is 13.8 Å². The zero-order chi connectivity index (χ0) is 24.2. The summed E-state index contributed by atoms with van der Waals surface area (Å²) in [4.78, 5) is 27.6. The number of ether oxygens (including phenoxy) is 1. The number of benzene rings is 1. The summed E-state index contributed by atoms with van der Waals surface area (Å²) >= 11 is 0. The Morgan fingerprint density at radius 2 is 2.00 bits per heavy atom. The minimum atomic E-state index is -0.192. The lowest BCUT2D eigenvalue weighted by atomic mass is 10.0. The normalized spacial score (nSPS) is 15.3. The monoisotopic (exact) mass is 460 g/mol. The Morgan fingerprint density at radius 1 is 1.21 bits per heavy atom. The van der Waals surface area contributed by atoms with Crippen LogP contribution in [0.25, 0.3) is 16.5 Å². The molecule has 1 fully saturated rings. The van der Waals surface area contributed by atoms with Crippen LogP contribution in [0.3, 0.4) is 0 Å². The van der Waals surface area contributed by atoms with Crippen LogP contribution in [0.2, 0.25) is 0 Å². The number of hydrogen-bond acceptors (Lipinski definition) is 5. The molecule has 0 saturated carbocycles. The van der Waals surface area contributed by atoms with Crippen LogP contribution in [-0.4, -0.2) is 45.5 Å². The highest BCUT2D eigenvalue weighted by atomic mass is 16.5. The zero-order valence-electron chi connectivity index (χ0n) is 20.1. The van der Waals surface area contributed by atoms with Crippen molar-refractivity contribution < 1.29 is 18.7 Å². The Kier molecular flexibility index (Phi) is 5.11.